The lowest BCUT2D eigenvalue weighted by molar-refractivity contribution is 0.381. The van der Waals surface area contributed by atoms with Crippen LogP contribution in [0, 0.1) is 18.8 Å². The Balaban J connectivity index is 1.73. The van der Waals surface area contributed by atoms with Crippen molar-refractivity contribution < 1.29 is 4.52 Å². The summed E-state index contributed by atoms with van der Waals surface area (Å²) in [6.45, 7) is 2.09. The molecule has 0 amide bonds. The van der Waals surface area contributed by atoms with E-state index in [4.69, 9.17) is 10.3 Å². The van der Waals surface area contributed by atoms with Crippen LogP contribution in [0.1, 0.15) is 42.9 Å². The van der Waals surface area contributed by atoms with Crippen molar-refractivity contribution in [1.82, 2.24) is 5.16 Å². The standard InChI is InChI=1S/C17H20N2O/c1-10-6-8-11(9-7-10)14-16(20-19-17(14)18)15-12-4-2-3-5-13(12)15/h6-9,12-13,15H,2-5H2,1H3,(H2,18,19). The van der Waals surface area contributed by atoms with Gasteiger partial charge in [-0.15, -0.1) is 0 Å². The van der Waals surface area contributed by atoms with Gasteiger partial charge in [0.2, 0.25) is 0 Å². The van der Waals surface area contributed by atoms with Gasteiger partial charge in [0.25, 0.3) is 0 Å². The minimum atomic E-state index is 0.535. The number of rotatable bonds is 2. The zero-order chi connectivity index (χ0) is 13.7. The lowest BCUT2D eigenvalue weighted by Gasteiger charge is -2.04. The van der Waals surface area contributed by atoms with Gasteiger partial charge in [0.1, 0.15) is 5.76 Å². The molecule has 0 saturated heterocycles. The third kappa shape index (κ3) is 1.76. The molecule has 2 aliphatic rings. The summed E-state index contributed by atoms with van der Waals surface area (Å²) >= 11 is 0. The number of aromatic nitrogens is 1. The molecular formula is C17H20N2O. The van der Waals surface area contributed by atoms with Crippen molar-refractivity contribution in [2.45, 2.75) is 38.5 Å². The van der Waals surface area contributed by atoms with Gasteiger partial charge in [-0.05, 0) is 37.2 Å². The van der Waals surface area contributed by atoms with Crippen LogP contribution >= 0.6 is 0 Å². The number of nitrogens with two attached hydrogens (primary N) is 1. The second-order valence-corrected chi connectivity index (χ2v) is 6.31. The Morgan fingerprint density at radius 3 is 2.40 bits per heavy atom. The molecule has 2 aromatic rings. The predicted molar refractivity (Wildman–Crippen MR) is 79.3 cm³/mol. The van der Waals surface area contributed by atoms with E-state index in [0.29, 0.717) is 11.7 Å². The summed E-state index contributed by atoms with van der Waals surface area (Å²) in [7, 11) is 0. The van der Waals surface area contributed by atoms with Gasteiger partial charge < -0.3 is 10.3 Å². The van der Waals surface area contributed by atoms with Crippen LogP contribution in [0.2, 0.25) is 0 Å². The first-order chi connectivity index (χ1) is 9.75. The summed E-state index contributed by atoms with van der Waals surface area (Å²) in [6, 6.07) is 8.47. The number of fused-ring (bicyclic) bond motifs is 1. The number of nitrogen functional groups attached to an aromatic ring is 1. The van der Waals surface area contributed by atoms with Crippen LogP contribution in [0.5, 0.6) is 0 Å². The first-order valence-corrected chi connectivity index (χ1v) is 7.58. The Labute approximate surface area is 119 Å². The van der Waals surface area contributed by atoms with E-state index in [2.05, 4.69) is 36.3 Å². The molecule has 2 unspecified atom stereocenters. The van der Waals surface area contributed by atoms with Crippen molar-refractivity contribution in [2.75, 3.05) is 5.73 Å². The zero-order valence-electron chi connectivity index (χ0n) is 11.8. The van der Waals surface area contributed by atoms with E-state index in [-0.39, 0.29) is 0 Å². The van der Waals surface area contributed by atoms with Gasteiger partial charge in [0, 0.05) is 5.92 Å². The van der Waals surface area contributed by atoms with Gasteiger partial charge in [-0.2, -0.15) is 0 Å². The van der Waals surface area contributed by atoms with Crippen LogP contribution < -0.4 is 5.73 Å². The van der Waals surface area contributed by atoms with E-state index < -0.39 is 0 Å². The molecular weight excluding hydrogens is 248 g/mol. The highest BCUT2D eigenvalue weighted by Gasteiger charge is 2.54. The first kappa shape index (κ1) is 12.0. The lowest BCUT2D eigenvalue weighted by atomic mass is 10.0. The fourth-order valence-electron chi connectivity index (χ4n) is 3.93. The molecule has 1 aromatic heterocycles. The predicted octanol–water partition coefficient (Wildman–Crippen LogP) is 4.14. The molecule has 1 heterocycles. The maximum absolute atomic E-state index is 6.06. The smallest absolute Gasteiger partial charge is 0.175 e. The highest BCUT2D eigenvalue weighted by molar-refractivity contribution is 5.76. The molecule has 1 aromatic carbocycles. The summed E-state index contributed by atoms with van der Waals surface area (Å²) < 4.78 is 5.62. The van der Waals surface area contributed by atoms with Gasteiger partial charge in [-0.25, -0.2) is 0 Å². The van der Waals surface area contributed by atoms with Crippen LogP contribution in [0.15, 0.2) is 28.8 Å². The molecule has 0 bridgehead atoms. The Morgan fingerprint density at radius 1 is 1.10 bits per heavy atom. The molecule has 3 nitrogen and oxygen atoms in total. The van der Waals surface area contributed by atoms with Crippen LogP contribution in [0.4, 0.5) is 5.82 Å². The van der Waals surface area contributed by atoms with Crippen molar-refractivity contribution >= 4 is 5.82 Å². The Bertz CT molecular complexity index is 617. The summed E-state index contributed by atoms with van der Waals surface area (Å²) in [6.07, 6.45) is 5.40. The van der Waals surface area contributed by atoms with Crippen molar-refractivity contribution in [3.05, 3.63) is 35.6 Å². The minimum absolute atomic E-state index is 0.535. The van der Waals surface area contributed by atoms with Crippen molar-refractivity contribution in [2.24, 2.45) is 11.8 Å². The van der Waals surface area contributed by atoms with Gasteiger partial charge in [0.15, 0.2) is 5.82 Å². The second-order valence-electron chi connectivity index (χ2n) is 6.31. The number of anilines is 1. The third-order valence-electron chi connectivity index (χ3n) is 5.04. The molecule has 4 rings (SSSR count). The van der Waals surface area contributed by atoms with Gasteiger partial charge in [-0.1, -0.05) is 47.8 Å². The van der Waals surface area contributed by atoms with Gasteiger partial charge in [0.05, 0.1) is 5.56 Å². The van der Waals surface area contributed by atoms with Crippen LogP contribution in [0.25, 0.3) is 11.1 Å². The Kier molecular flexibility index (Phi) is 2.62. The molecule has 0 aliphatic heterocycles. The number of aryl methyl sites for hydroxylation is 1. The molecule has 2 fully saturated rings. The van der Waals surface area contributed by atoms with Crippen LogP contribution in [-0.2, 0) is 0 Å². The fourth-order valence-corrected chi connectivity index (χ4v) is 3.93. The molecule has 2 saturated carbocycles. The molecule has 2 N–H and O–H groups in total. The summed E-state index contributed by atoms with van der Waals surface area (Å²) in [5, 5.41) is 4.04. The van der Waals surface area contributed by atoms with E-state index in [1.54, 1.807) is 0 Å². The maximum atomic E-state index is 6.06. The van der Waals surface area contributed by atoms with E-state index in [1.807, 2.05) is 0 Å². The van der Waals surface area contributed by atoms with Crippen molar-refractivity contribution in [3.63, 3.8) is 0 Å². The average molecular weight is 268 g/mol. The quantitative estimate of drug-likeness (QED) is 0.890. The summed E-state index contributed by atoms with van der Waals surface area (Å²) in [4.78, 5) is 0. The normalized spacial score (nSPS) is 28.1. The molecule has 3 heteroatoms. The molecule has 2 atom stereocenters. The fraction of sp³-hybridized carbons (Fsp3) is 0.471. The first-order valence-electron chi connectivity index (χ1n) is 7.58. The monoisotopic (exact) mass is 268 g/mol. The third-order valence-corrected chi connectivity index (χ3v) is 5.04. The highest BCUT2D eigenvalue weighted by atomic mass is 16.5. The molecule has 20 heavy (non-hydrogen) atoms. The lowest BCUT2D eigenvalue weighted by Crippen LogP contribution is -1.91. The van der Waals surface area contributed by atoms with Crippen molar-refractivity contribution in [1.29, 1.82) is 0 Å². The van der Waals surface area contributed by atoms with Crippen molar-refractivity contribution in [3.8, 4) is 11.1 Å². The highest BCUT2D eigenvalue weighted by Crippen LogP contribution is 2.62. The number of hydrogen-bond acceptors (Lipinski definition) is 3. The summed E-state index contributed by atoms with van der Waals surface area (Å²) in [5.41, 5.74) is 9.48. The number of nitrogens with zero attached hydrogens (tertiary/aromatic N) is 1. The summed E-state index contributed by atoms with van der Waals surface area (Å²) in [5.74, 6) is 3.73. The Hall–Kier alpha value is -1.77. The van der Waals surface area contributed by atoms with E-state index >= 15 is 0 Å². The second kappa shape index (κ2) is 4.37. The SMILES string of the molecule is Cc1ccc(-c2c(N)noc2C2C3CCCCC32)cc1. The topological polar surface area (TPSA) is 52.0 Å². The van der Waals surface area contributed by atoms with E-state index in [0.717, 1.165) is 28.7 Å². The van der Waals surface area contributed by atoms with E-state index in [9.17, 15) is 0 Å². The van der Waals surface area contributed by atoms with Gasteiger partial charge >= 0.3 is 0 Å². The Morgan fingerprint density at radius 2 is 1.75 bits per heavy atom. The molecule has 2 aliphatic carbocycles. The largest absolute Gasteiger partial charge is 0.380 e. The molecule has 104 valence electrons. The number of benzene rings is 1. The van der Waals surface area contributed by atoms with Crippen LogP contribution in [-0.4, -0.2) is 5.16 Å². The zero-order valence-corrected chi connectivity index (χ0v) is 11.8. The van der Waals surface area contributed by atoms with Crippen LogP contribution in [0.3, 0.4) is 0 Å². The average Bonchev–Trinajstić information content (AvgIpc) is 3.08. The number of hydrogen-bond donors (Lipinski definition) is 1. The van der Waals surface area contributed by atoms with E-state index in [1.165, 1.54) is 31.2 Å². The minimum Gasteiger partial charge on any atom is -0.380 e. The van der Waals surface area contributed by atoms with Gasteiger partial charge in [-0.3, -0.25) is 0 Å². The molecule has 0 radical (unpaired) electrons. The molecule has 0 spiro atoms. The maximum Gasteiger partial charge on any atom is 0.175 e.